The zero-order valence-corrected chi connectivity index (χ0v) is 14.5. The monoisotopic (exact) mass is 343 g/mol. The minimum Gasteiger partial charge on any atom is -0.347 e. The summed E-state index contributed by atoms with van der Waals surface area (Å²) < 4.78 is 13.3. The van der Waals surface area contributed by atoms with Crippen LogP contribution in [0.2, 0.25) is 0 Å². The standard InChI is InChI=1S/C19H22FN3O2/c1-13-9-10-15(20)12-16(13)21-19(25)22-17(18(24)23(2)3)11-14-7-5-4-6-8-14/h4-10,12,17H,11H2,1-3H3,(H2,21,22,25)/t17-/m0/s1. The number of aryl methyl sites for hydroxylation is 1. The molecule has 0 radical (unpaired) electrons. The van der Waals surface area contributed by atoms with Crippen molar-refractivity contribution in [3.8, 4) is 0 Å². The molecule has 0 aromatic heterocycles. The summed E-state index contributed by atoms with van der Waals surface area (Å²) in [4.78, 5) is 26.1. The predicted octanol–water partition coefficient (Wildman–Crippen LogP) is 2.96. The number of nitrogens with one attached hydrogen (secondary N) is 2. The Bertz CT molecular complexity index is 748. The number of halogens is 1. The van der Waals surface area contributed by atoms with Gasteiger partial charge in [0.1, 0.15) is 11.9 Å². The fourth-order valence-electron chi connectivity index (χ4n) is 2.41. The fraction of sp³-hybridized carbons (Fsp3) is 0.263. The van der Waals surface area contributed by atoms with Crippen LogP contribution in [-0.2, 0) is 11.2 Å². The molecule has 2 aromatic rings. The molecule has 25 heavy (non-hydrogen) atoms. The smallest absolute Gasteiger partial charge is 0.319 e. The maximum Gasteiger partial charge on any atom is 0.319 e. The highest BCUT2D eigenvalue weighted by Crippen LogP contribution is 2.16. The summed E-state index contributed by atoms with van der Waals surface area (Å²) in [6.07, 6.45) is 0.368. The Hall–Kier alpha value is -2.89. The second-order valence-corrected chi connectivity index (χ2v) is 6.03. The van der Waals surface area contributed by atoms with Crippen molar-refractivity contribution in [2.45, 2.75) is 19.4 Å². The molecule has 132 valence electrons. The van der Waals surface area contributed by atoms with Crippen molar-refractivity contribution in [1.82, 2.24) is 10.2 Å². The number of hydrogen-bond donors (Lipinski definition) is 2. The Morgan fingerprint density at radius 2 is 1.80 bits per heavy atom. The number of hydrogen-bond acceptors (Lipinski definition) is 2. The summed E-state index contributed by atoms with van der Waals surface area (Å²) in [6.45, 7) is 1.77. The lowest BCUT2D eigenvalue weighted by Crippen LogP contribution is -2.48. The molecule has 0 aliphatic heterocycles. The van der Waals surface area contributed by atoms with Gasteiger partial charge in [-0.1, -0.05) is 36.4 Å². The lowest BCUT2D eigenvalue weighted by Gasteiger charge is -2.22. The number of benzene rings is 2. The summed E-state index contributed by atoms with van der Waals surface area (Å²) in [5.41, 5.74) is 2.04. The molecule has 2 aromatic carbocycles. The predicted molar refractivity (Wildman–Crippen MR) is 95.9 cm³/mol. The summed E-state index contributed by atoms with van der Waals surface area (Å²) in [5, 5.41) is 5.28. The molecule has 2 N–H and O–H groups in total. The van der Waals surface area contributed by atoms with E-state index in [4.69, 9.17) is 0 Å². The molecule has 2 rings (SSSR count). The summed E-state index contributed by atoms with van der Waals surface area (Å²) >= 11 is 0. The molecular formula is C19H22FN3O2. The average Bonchev–Trinajstić information content (AvgIpc) is 2.57. The lowest BCUT2D eigenvalue weighted by molar-refractivity contribution is -0.130. The fourth-order valence-corrected chi connectivity index (χ4v) is 2.41. The van der Waals surface area contributed by atoms with Crippen molar-refractivity contribution in [3.63, 3.8) is 0 Å². The maximum atomic E-state index is 13.3. The van der Waals surface area contributed by atoms with Crippen LogP contribution < -0.4 is 10.6 Å². The quantitative estimate of drug-likeness (QED) is 0.877. The Kier molecular flexibility index (Phi) is 6.11. The summed E-state index contributed by atoms with van der Waals surface area (Å²) in [5.74, 6) is -0.652. The molecule has 3 amide bonds. The zero-order valence-electron chi connectivity index (χ0n) is 14.5. The van der Waals surface area contributed by atoms with Crippen molar-refractivity contribution in [2.24, 2.45) is 0 Å². The normalized spacial score (nSPS) is 11.5. The van der Waals surface area contributed by atoms with Crippen LogP contribution in [-0.4, -0.2) is 37.0 Å². The van der Waals surface area contributed by atoms with E-state index < -0.39 is 17.9 Å². The van der Waals surface area contributed by atoms with Crippen LogP contribution in [0.4, 0.5) is 14.9 Å². The van der Waals surface area contributed by atoms with Gasteiger partial charge in [-0.3, -0.25) is 4.79 Å². The van der Waals surface area contributed by atoms with Gasteiger partial charge < -0.3 is 15.5 Å². The molecule has 0 spiro atoms. The topological polar surface area (TPSA) is 61.4 Å². The number of nitrogens with zero attached hydrogens (tertiary/aromatic N) is 1. The third-order valence-electron chi connectivity index (χ3n) is 3.77. The Balaban J connectivity index is 2.11. The van der Waals surface area contributed by atoms with E-state index in [1.54, 1.807) is 27.1 Å². The molecule has 1 atom stereocenters. The molecule has 0 unspecified atom stereocenters. The molecule has 0 heterocycles. The molecular weight excluding hydrogens is 321 g/mol. The number of anilines is 1. The van der Waals surface area contributed by atoms with Gasteiger partial charge in [0.05, 0.1) is 0 Å². The van der Waals surface area contributed by atoms with Gasteiger partial charge in [0.15, 0.2) is 0 Å². The van der Waals surface area contributed by atoms with Gasteiger partial charge in [0.25, 0.3) is 0 Å². The Morgan fingerprint density at radius 1 is 1.12 bits per heavy atom. The molecule has 0 saturated heterocycles. The number of amides is 3. The summed E-state index contributed by atoms with van der Waals surface area (Å²) in [7, 11) is 3.27. The molecule has 6 heteroatoms. The first kappa shape index (κ1) is 18.4. The minimum absolute atomic E-state index is 0.213. The Labute approximate surface area is 146 Å². The van der Waals surface area contributed by atoms with Crippen LogP contribution in [0.15, 0.2) is 48.5 Å². The van der Waals surface area contributed by atoms with Crippen LogP contribution in [0.1, 0.15) is 11.1 Å². The van der Waals surface area contributed by atoms with Gasteiger partial charge >= 0.3 is 6.03 Å². The van der Waals surface area contributed by atoms with Crippen LogP contribution in [0.3, 0.4) is 0 Å². The van der Waals surface area contributed by atoms with E-state index in [0.717, 1.165) is 11.1 Å². The van der Waals surface area contributed by atoms with E-state index in [2.05, 4.69) is 10.6 Å². The second-order valence-electron chi connectivity index (χ2n) is 6.03. The number of carbonyl (C=O) groups excluding carboxylic acids is 2. The van der Waals surface area contributed by atoms with Crippen molar-refractivity contribution in [3.05, 3.63) is 65.5 Å². The van der Waals surface area contributed by atoms with Gasteiger partial charge in [-0.05, 0) is 30.2 Å². The third kappa shape index (κ3) is 5.31. The first-order chi connectivity index (χ1) is 11.9. The number of rotatable bonds is 5. The molecule has 0 fully saturated rings. The second kappa shape index (κ2) is 8.28. The zero-order chi connectivity index (χ0) is 18.4. The highest BCUT2D eigenvalue weighted by Gasteiger charge is 2.23. The van der Waals surface area contributed by atoms with Crippen LogP contribution >= 0.6 is 0 Å². The SMILES string of the molecule is Cc1ccc(F)cc1NC(=O)N[C@@H](Cc1ccccc1)C(=O)N(C)C. The average molecular weight is 343 g/mol. The van der Waals surface area contributed by atoms with Crippen molar-refractivity contribution in [2.75, 3.05) is 19.4 Å². The van der Waals surface area contributed by atoms with Crippen molar-refractivity contribution in [1.29, 1.82) is 0 Å². The van der Waals surface area contributed by atoms with E-state index >= 15 is 0 Å². The first-order valence-corrected chi connectivity index (χ1v) is 7.95. The van der Waals surface area contributed by atoms with E-state index in [1.165, 1.54) is 17.0 Å². The Morgan fingerprint density at radius 3 is 2.44 bits per heavy atom. The summed E-state index contributed by atoms with van der Waals surface area (Å²) in [6, 6.07) is 12.3. The first-order valence-electron chi connectivity index (χ1n) is 7.95. The molecule has 0 aliphatic rings. The maximum absolute atomic E-state index is 13.3. The lowest BCUT2D eigenvalue weighted by atomic mass is 10.1. The van der Waals surface area contributed by atoms with Crippen LogP contribution in [0.5, 0.6) is 0 Å². The van der Waals surface area contributed by atoms with Gasteiger partial charge in [0, 0.05) is 26.2 Å². The number of urea groups is 1. The largest absolute Gasteiger partial charge is 0.347 e. The van der Waals surface area contributed by atoms with Crippen LogP contribution in [0, 0.1) is 12.7 Å². The highest BCUT2D eigenvalue weighted by atomic mass is 19.1. The molecule has 5 nitrogen and oxygen atoms in total. The molecule has 0 aliphatic carbocycles. The van der Waals surface area contributed by atoms with Crippen LogP contribution in [0.25, 0.3) is 0 Å². The van der Waals surface area contributed by atoms with Crippen molar-refractivity contribution < 1.29 is 14.0 Å². The van der Waals surface area contributed by atoms with E-state index in [-0.39, 0.29) is 5.91 Å². The van der Waals surface area contributed by atoms with Gasteiger partial charge in [-0.25, -0.2) is 9.18 Å². The van der Waals surface area contributed by atoms with Gasteiger partial charge in [-0.15, -0.1) is 0 Å². The van der Waals surface area contributed by atoms with E-state index in [9.17, 15) is 14.0 Å². The van der Waals surface area contributed by atoms with Gasteiger partial charge in [0.2, 0.25) is 5.91 Å². The number of carbonyl (C=O) groups is 2. The van der Waals surface area contributed by atoms with Crippen molar-refractivity contribution >= 4 is 17.6 Å². The van der Waals surface area contributed by atoms with E-state index in [0.29, 0.717) is 12.1 Å². The van der Waals surface area contributed by atoms with Gasteiger partial charge in [-0.2, -0.15) is 0 Å². The highest BCUT2D eigenvalue weighted by molar-refractivity contribution is 5.94. The minimum atomic E-state index is -0.716. The third-order valence-corrected chi connectivity index (χ3v) is 3.77. The molecule has 0 bridgehead atoms. The number of likely N-dealkylation sites (N-methyl/N-ethyl adjacent to an activating group) is 1. The molecule has 0 saturated carbocycles. The van der Waals surface area contributed by atoms with E-state index in [1.807, 2.05) is 30.3 Å².